The summed E-state index contributed by atoms with van der Waals surface area (Å²) in [7, 11) is 0. The number of ether oxygens (including phenoxy) is 1. The predicted octanol–water partition coefficient (Wildman–Crippen LogP) is 1.69. The van der Waals surface area contributed by atoms with Crippen LogP contribution in [-0.2, 0) is 10.3 Å². The van der Waals surface area contributed by atoms with Gasteiger partial charge in [0.25, 0.3) is 0 Å². The Morgan fingerprint density at radius 1 is 1.40 bits per heavy atom. The van der Waals surface area contributed by atoms with E-state index in [4.69, 9.17) is 4.74 Å². The summed E-state index contributed by atoms with van der Waals surface area (Å²) in [6.07, 6.45) is 0. The van der Waals surface area contributed by atoms with Gasteiger partial charge >= 0.3 is 0 Å². The summed E-state index contributed by atoms with van der Waals surface area (Å²) in [5.41, 5.74) is 0.986. The lowest BCUT2D eigenvalue weighted by molar-refractivity contribution is 0.0786. The third-order valence-corrected chi connectivity index (χ3v) is 2.40. The fraction of sp³-hybridized carbons (Fsp3) is 0.417. The molecule has 1 aromatic carbocycles. The minimum Gasteiger partial charge on any atom is -0.476 e. The van der Waals surface area contributed by atoms with Crippen LogP contribution < -0.4 is 0 Å². The Bertz CT molecular complexity index is 391. The summed E-state index contributed by atoms with van der Waals surface area (Å²) in [5.74, 6) is 0.682. The zero-order valence-corrected chi connectivity index (χ0v) is 9.03. The first kappa shape index (κ1) is 10.2. The van der Waals surface area contributed by atoms with Crippen LogP contribution in [0.3, 0.4) is 0 Å². The minimum absolute atomic E-state index is 0.655. The molecule has 3 nitrogen and oxygen atoms in total. The van der Waals surface area contributed by atoms with Crippen LogP contribution in [0.1, 0.15) is 25.0 Å². The van der Waals surface area contributed by atoms with Crippen molar-refractivity contribution in [3.05, 3.63) is 35.4 Å². The number of aliphatic hydroxyl groups is 1. The molecule has 1 aromatic rings. The molecule has 1 heterocycles. The quantitative estimate of drug-likeness (QED) is 0.798. The van der Waals surface area contributed by atoms with E-state index in [9.17, 15) is 5.11 Å². The van der Waals surface area contributed by atoms with Gasteiger partial charge in [0.15, 0.2) is 0 Å². The Labute approximate surface area is 89.4 Å². The van der Waals surface area contributed by atoms with Crippen LogP contribution in [0.5, 0.6) is 0 Å². The molecule has 0 saturated heterocycles. The maximum Gasteiger partial charge on any atom is 0.216 e. The minimum atomic E-state index is -0.824. The predicted molar refractivity (Wildman–Crippen MR) is 59.0 cm³/mol. The first-order valence-corrected chi connectivity index (χ1v) is 5.08. The molecule has 0 amide bonds. The number of rotatable bonds is 2. The lowest BCUT2D eigenvalue weighted by atomic mass is 9.96. The SMILES string of the molecule is CC(C)(O)c1cccc(C2=NCCO2)c1. The van der Waals surface area contributed by atoms with Crippen molar-refractivity contribution in [1.82, 2.24) is 0 Å². The Morgan fingerprint density at radius 3 is 2.80 bits per heavy atom. The zero-order valence-electron chi connectivity index (χ0n) is 9.03. The fourth-order valence-electron chi connectivity index (χ4n) is 1.54. The van der Waals surface area contributed by atoms with Crippen molar-refractivity contribution in [2.75, 3.05) is 13.2 Å². The highest BCUT2D eigenvalue weighted by Crippen LogP contribution is 2.21. The Balaban J connectivity index is 2.34. The van der Waals surface area contributed by atoms with E-state index >= 15 is 0 Å². The molecule has 0 aliphatic carbocycles. The molecule has 0 radical (unpaired) electrons. The number of benzene rings is 1. The van der Waals surface area contributed by atoms with E-state index in [2.05, 4.69) is 4.99 Å². The molecule has 80 valence electrons. The van der Waals surface area contributed by atoms with E-state index in [0.29, 0.717) is 12.5 Å². The van der Waals surface area contributed by atoms with Gasteiger partial charge in [0, 0.05) is 5.56 Å². The first-order chi connectivity index (χ1) is 7.07. The van der Waals surface area contributed by atoms with Gasteiger partial charge in [0.1, 0.15) is 6.61 Å². The summed E-state index contributed by atoms with van der Waals surface area (Å²) >= 11 is 0. The van der Waals surface area contributed by atoms with Crippen molar-refractivity contribution in [3.8, 4) is 0 Å². The summed E-state index contributed by atoms with van der Waals surface area (Å²) < 4.78 is 5.38. The fourth-order valence-corrected chi connectivity index (χ4v) is 1.54. The number of hydrogen-bond donors (Lipinski definition) is 1. The van der Waals surface area contributed by atoms with Crippen LogP contribution in [0.25, 0.3) is 0 Å². The maximum atomic E-state index is 9.88. The number of aliphatic imine (C=N–C) groups is 1. The van der Waals surface area contributed by atoms with Gasteiger partial charge in [0.2, 0.25) is 5.90 Å². The van der Waals surface area contributed by atoms with Crippen LogP contribution >= 0.6 is 0 Å². The largest absolute Gasteiger partial charge is 0.476 e. The summed E-state index contributed by atoms with van der Waals surface area (Å²) in [6, 6.07) is 7.68. The molecule has 0 fully saturated rings. The molecule has 2 rings (SSSR count). The molecular formula is C12H15NO2. The van der Waals surface area contributed by atoms with Crippen molar-refractivity contribution < 1.29 is 9.84 Å². The molecule has 0 bridgehead atoms. The van der Waals surface area contributed by atoms with Gasteiger partial charge in [-0.2, -0.15) is 0 Å². The van der Waals surface area contributed by atoms with Gasteiger partial charge in [-0.05, 0) is 31.5 Å². The standard InChI is InChI=1S/C12H15NO2/c1-12(2,14)10-5-3-4-9(8-10)11-13-6-7-15-11/h3-5,8,14H,6-7H2,1-2H3. The van der Waals surface area contributed by atoms with E-state index in [1.165, 1.54) is 0 Å². The van der Waals surface area contributed by atoms with Crippen molar-refractivity contribution in [1.29, 1.82) is 0 Å². The van der Waals surface area contributed by atoms with Gasteiger partial charge in [-0.1, -0.05) is 12.1 Å². The molecule has 3 heteroatoms. The number of hydrogen-bond acceptors (Lipinski definition) is 3. The molecule has 1 N–H and O–H groups in total. The lowest BCUT2D eigenvalue weighted by Gasteiger charge is -2.18. The van der Waals surface area contributed by atoms with Crippen LogP contribution in [0.4, 0.5) is 0 Å². The lowest BCUT2D eigenvalue weighted by Crippen LogP contribution is -2.16. The van der Waals surface area contributed by atoms with Gasteiger partial charge in [0.05, 0.1) is 12.1 Å². The van der Waals surface area contributed by atoms with Crippen LogP contribution in [0.15, 0.2) is 29.3 Å². The second kappa shape index (κ2) is 3.66. The zero-order chi connectivity index (χ0) is 10.9. The normalized spacial score (nSPS) is 16.1. The second-order valence-corrected chi connectivity index (χ2v) is 4.18. The topological polar surface area (TPSA) is 41.8 Å². The molecule has 0 atom stereocenters. The van der Waals surface area contributed by atoms with Gasteiger partial charge < -0.3 is 9.84 Å². The second-order valence-electron chi connectivity index (χ2n) is 4.18. The smallest absolute Gasteiger partial charge is 0.216 e. The van der Waals surface area contributed by atoms with E-state index in [1.54, 1.807) is 13.8 Å². The summed E-state index contributed by atoms with van der Waals surface area (Å²) in [5, 5.41) is 9.88. The molecule has 0 aromatic heterocycles. The highest BCUT2D eigenvalue weighted by Gasteiger charge is 2.18. The van der Waals surface area contributed by atoms with Crippen molar-refractivity contribution in [2.45, 2.75) is 19.4 Å². The molecule has 1 aliphatic rings. The van der Waals surface area contributed by atoms with Crippen molar-refractivity contribution in [3.63, 3.8) is 0 Å². The summed E-state index contributed by atoms with van der Waals surface area (Å²) in [4.78, 5) is 4.24. The van der Waals surface area contributed by atoms with E-state index in [0.717, 1.165) is 17.7 Å². The molecule has 0 saturated carbocycles. The molecule has 0 spiro atoms. The van der Waals surface area contributed by atoms with E-state index < -0.39 is 5.60 Å². The average Bonchev–Trinajstić information content (AvgIpc) is 2.69. The van der Waals surface area contributed by atoms with Gasteiger partial charge in [-0.15, -0.1) is 0 Å². The molecule has 0 unspecified atom stereocenters. The van der Waals surface area contributed by atoms with Gasteiger partial charge in [-0.3, -0.25) is 0 Å². The third kappa shape index (κ3) is 2.18. The first-order valence-electron chi connectivity index (χ1n) is 5.08. The Kier molecular flexibility index (Phi) is 2.49. The average molecular weight is 205 g/mol. The van der Waals surface area contributed by atoms with E-state index in [1.807, 2.05) is 24.3 Å². The van der Waals surface area contributed by atoms with Gasteiger partial charge in [-0.25, -0.2) is 4.99 Å². The molecule has 1 aliphatic heterocycles. The molecular weight excluding hydrogens is 190 g/mol. The summed E-state index contributed by atoms with van der Waals surface area (Å²) in [6.45, 7) is 4.91. The van der Waals surface area contributed by atoms with Crippen molar-refractivity contribution >= 4 is 5.90 Å². The van der Waals surface area contributed by atoms with Crippen LogP contribution in [-0.4, -0.2) is 24.2 Å². The number of nitrogens with zero attached hydrogens (tertiary/aromatic N) is 1. The van der Waals surface area contributed by atoms with E-state index in [-0.39, 0.29) is 0 Å². The third-order valence-electron chi connectivity index (χ3n) is 2.40. The monoisotopic (exact) mass is 205 g/mol. The van der Waals surface area contributed by atoms with Crippen LogP contribution in [0, 0.1) is 0 Å². The van der Waals surface area contributed by atoms with Crippen LogP contribution in [0.2, 0.25) is 0 Å². The Hall–Kier alpha value is -1.35. The highest BCUT2D eigenvalue weighted by atomic mass is 16.5. The van der Waals surface area contributed by atoms with Crippen molar-refractivity contribution in [2.24, 2.45) is 4.99 Å². The maximum absolute atomic E-state index is 9.88. The molecule has 15 heavy (non-hydrogen) atoms. The Morgan fingerprint density at radius 2 is 2.20 bits per heavy atom. The highest BCUT2D eigenvalue weighted by molar-refractivity contribution is 5.95.